The Balaban J connectivity index is 2.49. The number of nitrogens with two attached hydrogens (primary N) is 1. The molecule has 1 heterocycles. The molecule has 0 spiro atoms. The van der Waals surface area contributed by atoms with Gasteiger partial charge in [0, 0.05) is 31.6 Å². The summed E-state index contributed by atoms with van der Waals surface area (Å²) >= 11 is 0. The van der Waals surface area contributed by atoms with Crippen LogP contribution in [-0.4, -0.2) is 53.8 Å². The van der Waals surface area contributed by atoms with Gasteiger partial charge < -0.3 is 15.5 Å². The third-order valence-electron chi connectivity index (χ3n) is 3.44. The molecule has 1 unspecified atom stereocenters. The molecule has 1 aliphatic rings. The van der Waals surface area contributed by atoms with Gasteiger partial charge in [-0.3, -0.25) is 9.59 Å². The zero-order valence-electron chi connectivity index (χ0n) is 12.6. The summed E-state index contributed by atoms with van der Waals surface area (Å²) < 4.78 is 0. The molecule has 19 heavy (non-hydrogen) atoms. The normalized spacial score (nSPS) is 18.4. The Bertz CT molecular complexity index is 328. The monoisotopic (exact) mass is 269 g/mol. The summed E-state index contributed by atoms with van der Waals surface area (Å²) in [6, 6.07) is -0.394. The van der Waals surface area contributed by atoms with Crippen LogP contribution >= 0.6 is 0 Å². The summed E-state index contributed by atoms with van der Waals surface area (Å²) in [6.07, 6.45) is 1.63. The summed E-state index contributed by atoms with van der Waals surface area (Å²) in [6.45, 7) is 10.2. The van der Waals surface area contributed by atoms with Crippen molar-refractivity contribution in [3.8, 4) is 0 Å². The van der Waals surface area contributed by atoms with Gasteiger partial charge in [0.15, 0.2) is 0 Å². The molecule has 0 bridgehead atoms. The number of hydrogen-bond donors (Lipinski definition) is 1. The van der Waals surface area contributed by atoms with Gasteiger partial charge in [-0.05, 0) is 6.42 Å². The maximum Gasteiger partial charge on any atom is 0.239 e. The molecule has 2 N–H and O–H groups in total. The van der Waals surface area contributed by atoms with Crippen LogP contribution in [0.3, 0.4) is 0 Å². The average Bonchev–Trinajstić information content (AvgIpc) is 2.36. The fourth-order valence-electron chi connectivity index (χ4n) is 2.27. The molecule has 0 radical (unpaired) electrons. The van der Waals surface area contributed by atoms with Crippen molar-refractivity contribution in [2.24, 2.45) is 11.1 Å². The molecule has 1 atom stereocenters. The van der Waals surface area contributed by atoms with Gasteiger partial charge in [-0.1, -0.05) is 34.1 Å². The Morgan fingerprint density at radius 2 is 1.58 bits per heavy atom. The first kappa shape index (κ1) is 16.0. The van der Waals surface area contributed by atoms with Crippen LogP contribution in [0.4, 0.5) is 0 Å². The molecule has 5 heteroatoms. The van der Waals surface area contributed by atoms with Crippen molar-refractivity contribution in [3.63, 3.8) is 0 Å². The largest absolute Gasteiger partial charge is 0.339 e. The number of carbonyl (C=O) groups is 2. The maximum atomic E-state index is 12.1. The number of rotatable bonds is 3. The number of nitrogens with zero attached hydrogens (tertiary/aromatic N) is 2. The van der Waals surface area contributed by atoms with Crippen molar-refractivity contribution >= 4 is 11.8 Å². The third-order valence-corrected chi connectivity index (χ3v) is 3.44. The molecular weight excluding hydrogens is 242 g/mol. The van der Waals surface area contributed by atoms with Gasteiger partial charge >= 0.3 is 0 Å². The summed E-state index contributed by atoms with van der Waals surface area (Å²) in [5.41, 5.74) is 5.49. The van der Waals surface area contributed by atoms with Crippen molar-refractivity contribution in [1.29, 1.82) is 0 Å². The van der Waals surface area contributed by atoms with E-state index in [4.69, 9.17) is 5.73 Å². The highest BCUT2D eigenvalue weighted by molar-refractivity contribution is 5.83. The highest BCUT2D eigenvalue weighted by Gasteiger charge is 2.31. The van der Waals surface area contributed by atoms with Gasteiger partial charge in [-0.2, -0.15) is 0 Å². The van der Waals surface area contributed by atoms with E-state index in [0.717, 1.165) is 12.8 Å². The lowest BCUT2D eigenvalue weighted by atomic mass is 9.94. The van der Waals surface area contributed by atoms with Gasteiger partial charge in [0.25, 0.3) is 0 Å². The van der Waals surface area contributed by atoms with Crippen LogP contribution in [0.2, 0.25) is 0 Å². The minimum absolute atomic E-state index is 0.0182. The van der Waals surface area contributed by atoms with Crippen LogP contribution in [0, 0.1) is 5.41 Å². The second kappa shape index (κ2) is 6.37. The van der Waals surface area contributed by atoms with E-state index in [1.807, 2.05) is 32.6 Å². The summed E-state index contributed by atoms with van der Waals surface area (Å²) in [5, 5.41) is 0. The number of hydrogen-bond acceptors (Lipinski definition) is 3. The van der Waals surface area contributed by atoms with Gasteiger partial charge in [0.2, 0.25) is 11.8 Å². The number of carbonyl (C=O) groups excluding carboxylic acids is 2. The summed E-state index contributed by atoms with van der Waals surface area (Å²) in [4.78, 5) is 27.8. The zero-order chi connectivity index (χ0) is 14.6. The van der Waals surface area contributed by atoms with Crippen LogP contribution in [0.5, 0.6) is 0 Å². The first-order valence-electron chi connectivity index (χ1n) is 7.11. The number of piperazine rings is 1. The molecule has 0 aliphatic carbocycles. The van der Waals surface area contributed by atoms with Crippen molar-refractivity contribution < 1.29 is 9.59 Å². The highest BCUT2D eigenvalue weighted by atomic mass is 16.2. The Morgan fingerprint density at radius 3 is 2.00 bits per heavy atom. The van der Waals surface area contributed by atoms with E-state index in [1.165, 1.54) is 0 Å². The van der Waals surface area contributed by atoms with E-state index in [9.17, 15) is 9.59 Å². The smallest absolute Gasteiger partial charge is 0.239 e. The third kappa shape index (κ3) is 4.20. The van der Waals surface area contributed by atoms with Gasteiger partial charge in [0.05, 0.1) is 6.04 Å². The van der Waals surface area contributed by atoms with Crippen molar-refractivity contribution in [2.75, 3.05) is 26.2 Å². The molecule has 5 nitrogen and oxygen atoms in total. The van der Waals surface area contributed by atoms with Crippen LogP contribution < -0.4 is 5.73 Å². The first-order chi connectivity index (χ1) is 8.77. The molecule has 0 aromatic carbocycles. The highest BCUT2D eigenvalue weighted by Crippen LogP contribution is 2.18. The molecule has 1 aliphatic heterocycles. The summed E-state index contributed by atoms with van der Waals surface area (Å²) in [5.74, 6) is 0.169. The molecule has 0 aromatic rings. The summed E-state index contributed by atoms with van der Waals surface area (Å²) in [7, 11) is 0. The number of amides is 2. The van der Waals surface area contributed by atoms with Crippen LogP contribution in [0.1, 0.15) is 40.5 Å². The zero-order valence-corrected chi connectivity index (χ0v) is 12.6. The standard InChI is InChI=1S/C14H27N3O2/c1-5-6-11(15)12(18)16-7-9-17(10-8-16)13(19)14(2,3)4/h11H,5-10,15H2,1-4H3. The van der Waals surface area contributed by atoms with E-state index in [2.05, 4.69) is 0 Å². The lowest BCUT2D eigenvalue weighted by molar-refractivity contribution is -0.145. The van der Waals surface area contributed by atoms with Crippen LogP contribution in [0.15, 0.2) is 0 Å². The fourth-order valence-corrected chi connectivity index (χ4v) is 2.27. The molecular formula is C14H27N3O2. The second-order valence-electron chi connectivity index (χ2n) is 6.26. The van der Waals surface area contributed by atoms with E-state index >= 15 is 0 Å². The van der Waals surface area contributed by atoms with Crippen molar-refractivity contribution in [1.82, 2.24) is 9.80 Å². The van der Waals surface area contributed by atoms with E-state index in [-0.39, 0.29) is 17.2 Å². The molecule has 1 rings (SSSR count). The molecule has 1 fully saturated rings. The lowest BCUT2D eigenvalue weighted by Crippen LogP contribution is -2.55. The maximum absolute atomic E-state index is 12.1. The first-order valence-corrected chi connectivity index (χ1v) is 7.11. The Morgan fingerprint density at radius 1 is 1.11 bits per heavy atom. The van der Waals surface area contributed by atoms with Crippen LogP contribution in [-0.2, 0) is 9.59 Å². The average molecular weight is 269 g/mol. The van der Waals surface area contributed by atoms with Crippen molar-refractivity contribution in [2.45, 2.75) is 46.6 Å². The Kier molecular flexibility index (Phi) is 5.35. The van der Waals surface area contributed by atoms with Gasteiger partial charge in [-0.15, -0.1) is 0 Å². The van der Waals surface area contributed by atoms with E-state index < -0.39 is 6.04 Å². The molecule has 0 aromatic heterocycles. The minimum Gasteiger partial charge on any atom is -0.339 e. The van der Waals surface area contributed by atoms with E-state index in [1.54, 1.807) is 4.90 Å². The van der Waals surface area contributed by atoms with Gasteiger partial charge in [-0.25, -0.2) is 0 Å². The molecule has 0 saturated carbocycles. The predicted octanol–water partition coefficient (Wildman–Crippen LogP) is 0.831. The van der Waals surface area contributed by atoms with Crippen LogP contribution in [0.25, 0.3) is 0 Å². The SMILES string of the molecule is CCCC(N)C(=O)N1CCN(C(=O)C(C)(C)C)CC1. The van der Waals surface area contributed by atoms with E-state index in [0.29, 0.717) is 26.2 Å². The second-order valence-corrected chi connectivity index (χ2v) is 6.26. The van der Waals surface area contributed by atoms with Crippen molar-refractivity contribution in [3.05, 3.63) is 0 Å². The minimum atomic E-state index is -0.394. The fraction of sp³-hybridized carbons (Fsp3) is 0.857. The quantitative estimate of drug-likeness (QED) is 0.825. The predicted molar refractivity (Wildman–Crippen MR) is 75.5 cm³/mol. The Hall–Kier alpha value is -1.10. The Labute approximate surface area is 116 Å². The molecule has 110 valence electrons. The lowest BCUT2D eigenvalue weighted by Gasteiger charge is -2.38. The molecule has 1 saturated heterocycles. The van der Waals surface area contributed by atoms with Gasteiger partial charge in [0.1, 0.15) is 0 Å². The topological polar surface area (TPSA) is 66.6 Å². The molecule has 2 amide bonds.